The van der Waals surface area contributed by atoms with Crippen molar-refractivity contribution in [2.24, 2.45) is 10.9 Å². The second-order valence-corrected chi connectivity index (χ2v) is 5.10. The Bertz CT molecular complexity index is 435. The molecule has 0 aliphatic heterocycles. The Hall–Kier alpha value is -1.68. The van der Waals surface area contributed by atoms with Crippen molar-refractivity contribution < 1.29 is 19.2 Å². The van der Waals surface area contributed by atoms with Crippen LogP contribution in [0.4, 0.5) is 5.82 Å². The Labute approximate surface area is 105 Å². The van der Waals surface area contributed by atoms with Crippen LogP contribution >= 0.6 is 0 Å². The Balaban J connectivity index is 2.48. The summed E-state index contributed by atoms with van der Waals surface area (Å²) in [6.45, 7) is 0.164. The summed E-state index contributed by atoms with van der Waals surface area (Å²) in [5, 5.41) is 30.6. The molecule has 0 saturated carbocycles. The van der Waals surface area contributed by atoms with Gasteiger partial charge in [0.15, 0.2) is 11.5 Å². The average Bonchev–Trinajstić information content (AvgIpc) is 2.81. The average molecular weight is 277 g/mol. The monoisotopic (exact) mass is 277 g/mol. The number of amidine groups is 1. The van der Waals surface area contributed by atoms with Gasteiger partial charge in [-0.05, 0) is 16.7 Å². The van der Waals surface area contributed by atoms with Crippen LogP contribution in [0.15, 0.2) is 9.78 Å². The van der Waals surface area contributed by atoms with E-state index in [9.17, 15) is 9.32 Å². The minimum atomic E-state index is -0.946. The first-order valence-corrected chi connectivity index (χ1v) is 6.79. The SMILES string of the molecule is CS(=O)CCC(O)CNc1nonc1/C(N)=N/O. The van der Waals surface area contributed by atoms with Crippen LogP contribution in [0.5, 0.6) is 0 Å². The highest BCUT2D eigenvalue weighted by atomic mass is 32.2. The Kier molecular flexibility index (Phi) is 5.52. The lowest BCUT2D eigenvalue weighted by Crippen LogP contribution is -2.23. The third kappa shape index (κ3) is 4.30. The number of hydrogen-bond acceptors (Lipinski definition) is 8. The molecule has 0 radical (unpaired) electrons. The van der Waals surface area contributed by atoms with Crippen molar-refractivity contribution in [3.05, 3.63) is 5.69 Å². The standard InChI is InChI=1S/C8H15N5O4S/c1-18(16)3-2-5(14)4-10-8-6(7(9)11-15)12-17-13-8/h5,14-15H,2-4H2,1H3,(H2,9,11)(H,10,13). The molecule has 1 heterocycles. The second kappa shape index (κ2) is 6.91. The molecule has 0 fully saturated rings. The van der Waals surface area contributed by atoms with Gasteiger partial charge in [-0.2, -0.15) is 0 Å². The maximum absolute atomic E-state index is 10.8. The van der Waals surface area contributed by atoms with Crippen LogP contribution in [0.1, 0.15) is 12.1 Å². The Morgan fingerprint density at radius 3 is 3.00 bits per heavy atom. The van der Waals surface area contributed by atoms with Gasteiger partial charge in [0.1, 0.15) is 0 Å². The normalized spacial score (nSPS) is 15.3. The van der Waals surface area contributed by atoms with E-state index in [1.54, 1.807) is 6.26 Å². The summed E-state index contributed by atoms with van der Waals surface area (Å²) in [6.07, 6.45) is 1.27. The van der Waals surface area contributed by atoms with Crippen molar-refractivity contribution in [1.82, 2.24) is 10.3 Å². The van der Waals surface area contributed by atoms with E-state index >= 15 is 0 Å². The third-order valence-electron chi connectivity index (χ3n) is 2.08. The fraction of sp³-hybridized carbons (Fsp3) is 0.625. The largest absolute Gasteiger partial charge is 0.409 e. The number of nitrogens with two attached hydrogens (primary N) is 1. The Morgan fingerprint density at radius 2 is 2.39 bits per heavy atom. The highest BCUT2D eigenvalue weighted by Gasteiger charge is 2.15. The number of hydrogen-bond donors (Lipinski definition) is 4. The maximum atomic E-state index is 10.8. The molecule has 0 aromatic carbocycles. The predicted molar refractivity (Wildman–Crippen MR) is 64.9 cm³/mol. The van der Waals surface area contributed by atoms with Gasteiger partial charge in [0.25, 0.3) is 0 Å². The van der Waals surface area contributed by atoms with E-state index in [4.69, 9.17) is 10.9 Å². The van der Waals surface area contributed by atoms with E-state index in [1.165, 1.54) is 0 Å². The molecule has 18 heavy (non-hydrogen) atoms. The highest BCUT2D eigenvalue weighted by molar-refractivity contribution is 7.84. The predicted octanol–water partition coefficient (Wildman–Crippen LogP) is -1.29. The molecule has 5 N–H and O–H groups in total. The molecule has 0 aliphatic rings. The van der Waals surface area contributed by atoms with Crippen molar-refractivity contribution in [1.29, 1.82) is 0 Å². The molecular formula is C8H15N5O4S. The third-order valence-corrected chi connectivity index (χ3v) is 2.89. The molecule has 0 saturated heterocycles. The van der Waals surface area contributed by atoms with Crippen LogP contribution in [0, 0.1) is 0 Å². The van der Waals surface area contributed by atoms with E-state index in [0.717, 1.165) is 0 Å². The molecule has 0 bridgehead atoms. The molecule has 2 unspecified atom stereocenters. The molecule has 0 aliphatic carbocycles. The summed E-state index contributed by atoms with van der Waals surface area (Å²) in [7, 11) is -0.946. The zero-order valence-corrected chi connectivity index (χ0v) is 10.6. The van der Waals surface area contributed by atoms with Crippen LogP contribution in [0.3, 0.4) is 0 Å². The van der Waals surface area contributed by atoms with Gasteiger partial charge in [-0.3, -0.25) is 4.21 Å². The highest BCUT2D eigenvalue weighted by Crippen LogP contribution is 2.09. The minimum Gasteiger partial charge on any atom is -0.409 e. The molecule has 1 aromatic heterocycles. The zero-order valence-electron chi connectivity index (χ0n) is 9.74. The lowest BCUT2D eigenvalue weighted by Gasteiger charge is -2.10. The van der Waals surface area contributed by atoms with Gasteiger partial charge in [-0.1, -0.05) is 5.16 Å². The summed E-state index contributed by atoms with van der Waals surface area (Å²) in [4.78, 5) is 0. The van der Waals surface area contributed by atoms with Crippen LogP contribution in [0.2, 0.25) is 0 Å². The Morgan fingerprint density at radius 1 is 1.67 bits per heavy atom. The molecular weight excluding hydrogens is 262 g/mol. The molecule has 1 rings (SSSR count). The summed E-state index contributed by atoms with van der Waals surface area (Å²) in [5.41, 5.74) is 5.40. The van der Waals surface area contributed by atoms with Crippen molar-refractivity contribution >= 4 is 22.5 Å². The number of rotatable bonds is 7. The molecule has 1 aromatic rings. The molecule has 0 spiro atoms. The number of anilines is 1. The molecule has 10 heteroatoms. The number of nitrogens with zero attached hydrogens (tertiary/aromatic N) is 3. The lowest BCUT2D eigenvalue weighted by atomic mass is 10.3. The van der Waals surface area contributed by atoms with Crippen LogP contribution in [-0.4, -0.2) is 55.3 Å². The van der Waals surface area contributed by atoms with Gasteiger partial charge in [0.2, 0.25) is 5.82 Å². The van der Waals surface area contributed by atoms with E-state index in [0.29, 0.717) is 12.2 Å². The first-order valence-electron chi connectivity index (χ1n) is 5.07. The second-order valence-electron chi connectivity index (χ2n) is 3.55. The summed E-state index contributed by atoms with van der Waals surface area (Å²) >= 11 is 0. The number of aromatic nitrogens is 2. The van der Waals surface area contributed by atoms with Crippen LogP contribution in [-0.2, 0) is 10.8 Å². The van der Waals surface area contributed by atoms with Gasteiger partial charge in [-0.15, -0.1) is 0 Å². The van der Waals surface area contributed by atoms with Gasteiger partial charge in [-0.25, -0.2) is 4.63 Å². The molecule has 102 valence electrons. The van der Waals surface area contributed by atoms with Gasteiger partial charge >= 0.3 is 0 Å². The maximum Gasteiger partial charge on any atom is 0.202 e. The smallest absolute Gasteiger partial charge is 0.202 e. The number of nitrogens with one attached hydrogen (secondary N) is 1. The number of aliphatic hydroxyl groups is 1. The fourth-order valence-electron chi connectivity index (χ4n) is 1.14. The topological polar surface area (TPSA) is 147 Å². The number of oxime groups is 1. The van der Waals surface area contributed by atoms with Crippen molar-refractivity contribution in [3.8, 4) is 0 Å². The van der Waals surface area contributed by atoms with E-state index in [2.05, 4.69) is 25.4 Å². The quantitative estimate of drug-likeness (QED) is 0.208. The van der Waals surface area contributed by atoms with Gasteiger partial charge in [0, 0.05) is 29.4 Å². The van der Waals surface area contributed by atoms with Gasteiger partial charge in [0.05, 0.1) is 6.10 Å². The molecule has 2 atom stereocenters. The van der Waals surface area contributed by atoms with E-state index in [-0.39, 0.29) is 23.9 Å². The summed E-state index contributed by atoms with van der Waals surface area (Å²) < 4.78 is 15.3. The molecule has 0 amide bonds. The van der Waals surface area contributed by atoms with Crippen LogP contribution < -0.4 is 11.1 Å². The summed E-state index contributed by atoms with van der Waals surface area (Å²) in [5.74, 6) is 0.331. The van der Waals surface area contributed by atoms with Crippen molar-refractivity contribution in [2.75, 3.05) is 23.9 Å². The van der Waals surface area contributed by atoms with Gasteiger partial charge < -0.3 is 21.4 Å². The van der Waals surface area contributed by atoms with Crippen molar-refractivity contribution in [2.45, 2.75) is 12.5 Å². The number of aliphatic hydroxyl groups excluding tert-OH is 1. The first-order chi connectivity index (χ1) is 8.54. The fourth-order valence-corrected chi connectivity index (χ4v) is 1.74. The first kappa shape index (κ1) is 14.4. The lowest BCUT2D eigenvalue weighted by molar-refractivity contribution is 0.184. The van der Waals surface area contributed by atoms with E-state index in [1.807, 2.05) is 0 Å². The minimum absolute atomic E-state index is 0.0590. The van der Waals surface area contributed by atoms with E-state index < -0.39 is 16.9 Å². The van der Waals surface area contributed by atoms with Crippen molar-refractivity contribution in [3.63, 3.8) is 0 Å². The zero-order chi connectivity index (χ0) is 13.5. The molecule has 9 nitrogen and oxygen atoms in total. The summed E-state index contributed by atoms with van der Waals surface area (Å²) in [6, 6.07) is 0. The van der Waals surface area contributed by atoms with Crippen LogP contribution in [0.25, 0.3) is 0 Å².